The molecule has 0 bridgehead atoms. The van der Waals surface area contributed by atoms with Crippen molar-refractivity contribution in [2.45, 2.75) is 46.8 Å². The normalized spacial score (nSPS) is 12.4. The van der Waals surface area contributed by atoms with Crippen LogP contribution in [0.25, 0.3) is 0 Å². The highest BCUT2D eigenvalue weighted by Gasteiger charge is 2.19. The lowest BCUT2D eigenvalue weighted by Crippen LogP contribution is -2.37. The van der Waals surface area contributed by atoms with Gasteiger partial charge in [-0.15, -0.1) is 0 Å². The Kier molecular flexibility index (Phi) is 7.30. The van der Waals surface area contributed by atoms with E-state index < -0.39 is 5.60 Å². The lowest BCUT2D eigenvalue weighted by molar-refractivity contribution is 0.0514. The molecule has 23 heavy (non-hydrogen) atoms. The van der Waals surface area contributed by atoms with E-state index in [9.17, 15) is 4.79 Å². The highest BCUT2D eigenvalue weighted by molar-refractivity contribution is 5.67. The molecule has 0 saturated carbocycles. The summed E-state index contributed by atoms with van der Waals surface area (Å²) in [6.45, 7) is 11.3. The average molecular weight is 319 g/mol. The quantitative estimate of drug-likeness (QED) is 0.602. The van der Waals surface area contributed by atoms with Crippen molar-refractivity contribution in [3.63, 3.8) is 0 Å². The van der Waals surface area contributed by atoms with Gasteiger partial charge in [0, 0.05) is 12.0 Å². The smallest absolute Gasteiger partial charge is 0.407 e. The first-order valence-electron chi connectivity index (χ1n) is 7.94. The molecule has 4 heteroatoms. The largest absolute Gasteiger partial charge is 0.444 e. The number of alkyl carbamates (subject to hydrolysis) is 1. The van der Waals surface area contributed by atoms with Crippen LogP contribution in [0.2, 0.25) is 0 Å². The van der Waals surface area contributed by atoms with Gasteiger partial charge in [0.15, 0.2) is 0 Å². The number of carbonyl (C=O) groups is 1. The molecule has 0 aromatic heterocycles. The number of amides is 1. The summed E-state index contributed by atoms with van der Waals surface area (Å²) in [6, 6.07) is 10.1. The number of hydrogen-bond acceptors (Lipinski definition) is 3. The first kappa shape index (κ1) is 19.2. The van der Waals surface area contributed by atoms with Gasteiger partial charge in [0.1, 0.15) is 5.60 Å². The van der Waals surface area contributed by atoms with Crippen molar-refractivity contribution in [1.82, 2.24) is 5.32 Å². The summed E-state index contributed by atoms with van der Waals surface area (Å²) in [5.74, 6) is 0. The van der Waals surface area contributed by atoms with Gasteiger partial charge in [0.2, 0.25) is 0 Å². The van der Waals surface area contributed by atoms with Gasteiger partial charge in [-0.05, 0) is 26.3 Å². The zero-order chi connectivity index (χ0) is 17.3. The summed E-state index contributed by atoms with van der Waals surface area (Å²) in [5.41, 5.74) is 0.522. The Hall–Kier alpha value is -1.81. The Morgan fingerprint density at radius 3 is 2.39 bits per heavy atom. The molecule has 0 aliphatic heterocycles. The lowest BCUT2D eigenvalue weighted by atomic mass is 9.93. The molecule has 0 radical (unpaired) electrons. The van der Waals surface area contributed by atoms with Crippen LogP contribution in [0.4, 0.5) is 4.79 Å². The SMILES string of the molecule is CC(C)(/C=C/COCc1ccccc1)CNC(=O)OC(C)(C)C. The summed E-state index contributed by atoms with van der Waals surface area (Å²) < 4.78 is 10.8. The second-order valence-electron chi connectivity index (χ2n) is 7.25. The Labute approximate surface area is 139 Å². The molecule has 0 aliphatic rings. The Morgan fingerprint density at radius 2 is 1.78 bits per heavy atom. The van der Waals surface area contributed by atoms with E-state index in [-0.39, 0.29) is 11.5 Å². The van der Waals surface area contributed by atoms with Gasteiger partial charge in [-0.1, -0.05) is 56.3 Å². The van der Waals surface area contributed by atoms with Crippen molar-refractivity contribution < 1.29 is 14.3 Å². The molecule has 0 spiro atoms. The van der Waals surface area contributed by atoms with Crippen molar-refractivity contribution in [1.29, 1.82) is 0 Å². The summed E-state index contributed by atoms with van der Waals surface area (Å²) in [4.78, 5) is 11.7. The fourth-order valence-electron chi connectivity index (χ4n) is 1.86. The molecule has 0 heterocycles. The zero-order valence-corrected chi connectivity index (χ0v) is 14.9. The van der Waals surface area contributed by atoms with Crippen molar-refractivity contribution in [2.24, 2.45) is 5.41 Å². The van der Waals surface area contributed by atoms with Gasteiger partial charge in [-0.25, -0.2) is 4.79 Å². The summed E-state index contributed by atoms with van der Waals surface area (Å²) in [6.07, 6.45) is 3.65. The van der Waals surface area contributed by atoms with Gasteiger partial charge in [0.25, 0.3) is 0 Å². The standard InChI is InChI=1S/C19H29NO3/c1-18(2,3)23-17(21)20-15-19(4,5)12-9-13-22-14-16-10-7-6-8-11-16/h6-12H,13-15H2,1-5H3,(H,20,21)/b12-9+. The van der Waals surface area contributed by atoms with Crippen molar-refractivity contribution in [3.05, 3.63) is 48.0 Å². The van der Waals surface area contributed by atoms with Crippen LogP contribution in [0.3, 0.4) is 0 Å². The molecule has 0 fully saturated rings. The molecule has 1 aromatic rings. The Bertz CT molecular complexity index is 501. The highest BCUT2D eigenvalue weighted by atomic mass is 16.6. The van der Waals surface area contributed by atoms with Crippen molar-refractivity contribution >= 4 is 6.09 Å². The third-order valence-corrected chi connectivity index (χ3v) is 2.98. The second-order valence-corrected chi connectivity index (χ2v) is 7.25. The summed E-state index contributed by atoms with van der Waals surface area (Å²) in [5, 5.41) is 2.79. The number of benzene rings is 1. The molecule has 1 aromatic carbocycles. The van der Waals surface area contributed by atoms with E-state index in [0.29, 0.717) is 19.8 Å². The number of carbonyl (C=O) groups excluding carboxylic acids is 1. The van der Waals surface area contributed by atoms with Crippen molar-refractivity contribution in [3.8, 4) is 0 Å². The van der Waals surface area contributed by atoms with Crippen LogP contribution in [0.5, 0.6) is 0 Å². The van der Waals surface area contributed by atoms with Gasteiger partial charge >= 0.3 is 6.09 Å². The third-order valence-electron chi connectivity index (χ3n) is 2.98. The molecular weight excluding hydrogens is 290 g/mol. The van der Waals surface area contributed by atoms with E-state index >= 15 is 0 Å². The van der Waals surface area contributed by atoms with E-state index in [2.05, 4.69) is 25.2 Å². The monoisotopic (exact) mass is 319 g/mol. The maximum Gasteiger partial charge on any atom is 0.407 e. The van der Waals surface area contributed by atoms with E-state index in [1.807, 2.05) is 57.2 Å². The molecule has 0 saturated heterocycles. The minimum absolute atomic E-state index is 0.160. The van der Waals surface area contributed by atoms with E-state index in [0.717, 1.165) is 5.56 Å². The van der Waals surface area contributed by atoms with E-state index in [4.69, 9.17) is 9.47 Å². The minimum atomic E-state index is -0.477. The number of rotatable bonds is 7. The minimum Gasteiger partial charge on any atom is -0.444 e. The van der Waals surface area contributed by atoms with E-state index in [1.165, 1.54) is 0 Å². The topological polar surface area (TPSA) is 47.6 Å². The molecule has 1 rings (SSSR count). The molecule has 1 amide bonds. The number of hydrogen-bond donors (Lipinski definition) is 1. The highest BCUT2D eigenvalue weighted by Crippen LogP contribution is 2.16. The second kappa shape index (κ2) is 8.73. The molecule has 1 N–H and O–H groups in total. The van der Waals surface area contributed by atoms with Crippen LogP contribution in [-0.4, -0.2) is 24.8 Å². The van der Waals surface area contributed by atoms with Crippen LogP contribution >= 0.6 is 0 Å². The lowest BCUT2D eigenvalue weighted by Gasteiger charge is -2.24. The van der Waals surface area contributed by atoms with E-state index in [1.54, 1.807) is 0 Å². The van der Waals surface area contributed by atoms with Crippen LogP contribution < -0.4 is 5.32 Å². The van der Waals surface area contributed by atoms with Crippen molar-refractivity contribution in [2.75, 3.05) is 13.2 Å². The van der Waals surface area contributed by atoms with Crippen LogP contribution in [0.15, 0.2) is 42.5 Å². The van der Waals surface area contributed by atoms with Gasteiger partial charge < -0.3 is 14.8 Å². The third kappa shape index (κ3) is 9.74. The van der Waals surface area contributed by atoms with Crippen LogP contribution in [0, 0.1) is 5.41 Å². The van der Waals surface area contributed by atoms with Gasteiger partial charge in [-0.3, -0.25) is 0 Å². The first-order valence-corrected chi connectivity index (χ1v) is 7.94. The molecule has 0 atom stereocenters. The number of nitrogens with one attached hydrogen (secondary N) is 1. The first-order chi connectivity index (χ1) is 10.7. The average Bonchev–Trinajstić information content (AvgIpc) is 2.44. The summed E-state index contributed by atoms with van der Waals surface area (Å²) in [7, 11) is 0. The molecule has 0 aliphatic carbocycles. The fourth-order valence-corrected chi connectivity index (χ4v) is 1.86. The van der Waals surface area contributed by atoms with Crippen LogP contribution in [-0.2, 0) is 16.1 Å². The molecule has 0 unspecified atom stereocenters. The van der Waals surface area contributed by atoms with Gasteiger partial charge in [0.05, 0.1) is 13.2 Å². The maximum absolute atomic E-state index is 11.7. The maximum atomic E-state index is 11.7. The predicted octanol–water partition coefficient (Wildman–Crippen LogP) is 4.31. The molecule has 4 nitrogen and oxygen atoms in total. The molecule has 128 valence electrons. The Balaban J connectivity index is 2.27. The predicted molar refractivity (Wildman–Crippen MR) is 93.3 cm³/mol. The molecular formula is C19H29NO3. The van der Waals surface area contributed by atoms with Crippen LogP contribution in [0.1, 0.15) is 40.2 Å². The van der Waals surface area contributed by atoms with Gasteiger partial charge in [-0.2, -0.15) is 0 Å². The zero-order valence-electron chi connectivity index (χ0n) is 14.9. The Morgan fingerprint density at radius 1 is 1.13 bits per heavy atom. The summed E-state index contributed by atoms with van der Waals surface area (Å²) >= 11 is 0. The fraction of sp³-hybridized carbons (Fsp3) is 0.526. The number of ether oxygens (including phenoxy) is 2.